The minimum atomic E-state index is -0.470. The van der Waals surface area contributed by atoms with Gasteiger partial charge in [0, 0.05) is 17.5 Å². The van der Waals surface area contributed by atoms with Crippen molar-refractivity contribution in [2.75, 3.05) is 11.5 Å². The second kappa shape index (κ2) is 8.11. The molecule has 4 atom stereocenters. The quantitative estimate of drug-likeness (QED) is 0.367. The number of halogens is 1. The molecule has 1 fully saturated rings. The summed E-state index contributed by atoms with van der Waals surface area (Å²) in [6, 6.07) is 0. The lowest BCUT2D eigenvalue weighted by atomic mass is 9.96. The minimum Gasteiger partial charge on any atom is -0.377 e. The van der Waals surface area contributed by atoms with Crippen LogP contribution in [0, 0.1) is 11.8 Å². The van der Waals surface area contributed by atoms with Gasteiger partial charge in [-0.1, -0.05) is 55.5 Å². The maximum absolute atomic E-state index is 6.08. The molecule has 0 saturated carbocycles. The molecule has 0 amide bonds. The summed E-state index contributed by atoms with van der Waals surface area (Å²) in [4.78, 5) is 0. The lowest BCUT2D eigenvalue weighted by Crippen LogP contribution is -2.29. The smallest absolute Gasteiger partial charge is 0.163 e. The molecule has 1 rings (SSSR count). The molecule has 3 nitrogen and oxygen atoms in total. The van der Waals surface area contributed by atoms with Crippen LogP contribution in [0.3, 0.4) is 0 Å². The summed E-state index contributed by atoms with van der Waals surface area (Å²) in [7, 11) is 1.76. The van der Waals surface area contributed by atoms with Crippen molar-refractivity contribution >= 4 is 22.6 Å². The Morgan fingerprint density at radius 1 is 1.20 bits per heavy atom. The summed E-state index contributed by atoms with van der Waals surface area (Å²) in [5.74, 6) is 0.328. The van der Waals surface area contributed by atoms with E-state index in [4.69, 9.17) is 14.2 Å². The summed E-state index contributed by atoms with van der Waals surface area (Å²) in [5.41, 5.74) is 0. The molecule has 0 aromatic heterocycles. The highest BCUT2D eigenvalue weighted by molar-refractivity contribution is 14.1. The van der Waals surface area contributed by atoms with E-state index in [-0.39, 0.29) is 18.3 Å². The molecule has 0 aromatic rings. The number of hydrogen-bond donors (Lipinski definition) is 0. The van der Waals surface area contributed by atoms with Gasteiger partial charge >= 0.3 is 0 Å². The summed E-state index contributed by atoms with van der Waals surface area (Å²) >= 11 is 2.40. The standard InChI is InChI=1S/C16H29IO3/c1-11(2)13(18-6)8-7-12(3)15-14(9-10-17)19-16(4,5)20-15/h7-8,11-15H,9-10H2,1-6H3/b8-7-/t12?,13-,14+,15-/m1/s1. The van der Waals surface area contributed by atoms with Gasteiger partial charge in [-0.05, 0) is 26.2 Å². The highest BCUT2D eigenvalue weighted by Gasteiger charge is 2.42. The molecule has 1 aliphatic rings. The molecule has 1 heterocycles. The second-order valence-electron chi connectivity index (χ2n) is 6.30. The van der Waals surface area contributed by atoms with E-state index in [2.05, 4.69) is 55.5 Å². The maximum Gasteiger partial charge on any atom is 0.163 e. The first kappa shape index (κ1) is 18.4. The fourth-order valence-corrected chi connectivity index (χ4v) is 3.22. The van der Waals surface area contributed by atoms with Crippen molar-refractivity contribution in [2.24, 2.45) is 11.8 Å². The first-order valence-electron chi connectivity index (χ1n) is 7.43. The molecule has 118 valence electrons. The van der Waals surface area contributed by atoms with E-state index in [0.717, 1.165) is 10.8 Å². The Labute approximate surface area is 137 Å². The van der Waals surface area contributed by atoms with Gasteiger partial charge in [-0.15, -0.1) is 0 Å². The predicted molar refractivity (Wildman–Crippen MR) is 91.3 cm³/mol. The second-order valence-corrected chi connectivity index (χ2v) is 7.38. The van der Waals surface area contributed by atoms with Crippen LogP contribution in [0.1, 0.15) is 41.0 Å². The Morgan fingerprint density at radius 3 is 2.35 bits per heavy atom. The van der Waals surface area contributed by atoms with E-state index in [1.54, 1.807) is 7.11 Å². The third-order valence-electron chi connectivity index (χ3n) is 3.67. The van der Waals surface area contributed by atoms with Crippen LogP contribution >= 0.6 is 22.6 Å². The first-order valence-corrected chi connectivity index (χ1v) is 8.96. The van der Waals surface area contributed by atoms with Gasteiger partial charge in [-0.25, -0.2) is 0 Å². The van der Waals surface area contributed by atoms with Crippen molar-refractivity contribution in [3.05, 3.63) is 12.2 Å². The average molecular weight is 396 g/mol. The SMILES string of the molecule is CO[C@H](/C=C\C(C)[C@H]1OC(C)(C)O[C@H]1CCI)C(C)C. The van der Waals surface area contributed by atoms with E-state index in [1.165, 1.54) is 0 Å². The van der Waals surface area contributed by atoms with Crippen molar-refractivity contribution in [1.29, 1.82) is 0 Å². The Balaban J connectivity index is 2.69. The number of rotatable bonds is 7. The van der Waals surface area contributed by atoms with E-state index < -0.39 is 5.79 Å². The van der Waals surface area contributed by atoms with Crippen molar-refractivity contribution in [3.63, 3.8) is 0 Å². The van der Waals surface area contributed by atoms with E-state index in [0.29, 0.717) is 11.8 Å². The van der Waals surface area contributed by atoms with Gasteiger partial charge < -0.3 is 14.2 Å². The fourth-order valence-electron chi connectivity index (χ4n) is 2.61. The summed E-state index contributed by atoms with van der Waals surface area (Å²) in [6.45, 7) is 10.5. The van der Waals surface area contributed by atoms with Gasteiger partial charge in [0.25, 0.3) is 0 Å². The molecule has 4 heteroatoms. The highest BCUT2D eigenvalue weighted by Crippen LogP contribution is 2.34. The average Bonchev–Trinajstić information content (AvgIpc) is 2.65. The van der Waals surface area contributed by atoms with E-state index in [9.17, 15) is 0 Å². The molecule has 0 N–H and O–H groups in total. The zero-order valence-corrected chi connectivity index (χ0v) is 15.7. The van der Waals surface area contributed by atoms with Crippen molar-refractivity contribution in [1.82, 2.24) is 0 Å². The van der Waals surface area contributed by atoms with Gasteiger partial charge in [-0.3, -0.25) is 0 Å². The summed E-state index contributed by atoms with van der Waals surface area (Å²) in [5, 5.41) is 0. The molecule has 0 bridgehead atoms. The molecule has 1 unspecified atom stereocenters. The first-order chi connectivity index (χ1) is 9.30. The summed E-state index contributed by atoms with van der Waals surface area (Å²) < 4.78 is 18.7. The highest BCUT2D eigenvalue weighted by atomic mass is 127. The number of methoxy groups -OCH3 is 1. The maximum atomic E-state index is 6.08. The van der Waals surface area contributed by atoms with Crippen molar-refractivity contribution in [2.45, 2.75) is 65.1 Å². The molecule has 1 saturated heterocycles. The van der Waals surface area contributed by atoms with Gasteiger partial charge in [0.1, 0.15) is 0 Å². The van der Waals surface area contributed by atoms with Crippen LogP contribution in [0.25, 0.3) is 0 Å². The largest absolute Gasteiger partial charge is 0.377 e. The lowest BCUT2D eigenvalue weighted by molar-refractivity contribution is -0.148. The van der Waals surface area contributed by atoms with Crippen LogP contribution in [0.5, 0.6) is 0 Å². The Hall–Kier alpha value is 0.350. The van der Waals surface area contributed by atoms with Crippen LogP contribution in [-0.2, 0) is 14.2 Å². The van der Waals surface area contributed by atoms with Gasteiger partial charge in [0.2, 0.25) is 0 Å². The molecule has 0 aliphatic carbocycles. The zero-order valence-electron chi connectivity index (χ0n) is 13.6. The fraction of sp³-hybridized carbons (Fsp3) is 0.875. The van der Waals surface area contributed by atoms with Crippen LogP contribution < -0.4 is 0 Å². The van der Waals surface area contributed by atoms with E-state index >= 15 is 0 Å². The third-order valence-corrected chi connectivity index (χ3v) is 4.29. The topological polar surface area (TPSA) is 27.7 Å². The molecule has 0 aromatic carbocycles. The number of alkyl halides is 1. The Morgan fingerprint density at radius 2 is 1.85 bits per heavy atom. The van der Waals surface area contributed by atoms with E-state index in [1.807, 2.05) is 13.8 Å². The normalized spacial score (nSPS) is 29.2. The lowest BCUT2D eigenvalue weighted by Gasteiger charge is -2.22. The van der Waals surface area contributed by atoms with Gasteiger partial charge in [0.05, 0.1) is 18.3 Å². The van der Waals surface area contributed by atoms with Gasteiger partial charge in [0.15, 0.2) is 5.79 Å². The monoisotopic (exact) mass is 396 g/mol. The van der Waals surface area contributed by atoms with Crippen molar-refractivity contribution < 1.29 is 14.2 Å². The molecular weight excluding hydrogens is 367 g/mol. The van der Waals surface area contributed by atoms with Crippen LogP contribution in [0.2, 0.25) is 0 Å². The number of hydrogen-bond acceptors (Lipinski definition) is 3. The zero-order chi connectivity index (χ0) is 15.3. The van der Waals surface area contributed by atoms with Crippen LogP contribution in [-0.4, -0.2) is 35.6 Å². The predicted octanol–water partition coefficient (Wildman–Crippen LogP) is 4.19. The number of ether oxygens (including phenoxy) is 3. The third kappa shape index (κ3) is 5.28. The van der Waals surface area contributed by atoms with Crippen molar-refractivity contribution in [3.8, 4) is 0 Å². The van der Waals surface area contributed by atoms with Crippen LogP contribution in [0.4, 0.5) is 0 Å². The Kier molecular flexibility index (Phi) is 7.46. The molecular formula is C16H29IO3. The summed E-state index contributed by atoms with van der Waals surface area (Å²) in [6.07, 6.45) is 5.87. The molecule has 0 radical (unpaired) electrons. The molecule has 20 heavy (non-hydrogen) atoms. The minimum absolute atomic E-state index is 0.126. The molecule has 1 aliphatic heterocycles. The van der Waals surface area contributed by atoms with Crippen LogP contribution in [0.15, 0.2) is 12.2 Å². The van der Waals surface area contributed by atoms with Gasteiger partial charge in [-0.2, -0.15) is 0 Å². The molecule has 0 spiro atoms. The Bertz CT molecular complexity index is 315.